The highest BCUT2D eigenvalue weighted by atomic mass is 79.9. The molecule has 2 unspecified atom stereocenters. The van der Waals surface area contributed by atoms with Crippen LogP contribution >= 0.6 is 15.9 Å². The number of amides is 1. The predicted molar refractivity (Wildman–Crippen MR) is 73.5 cm³/mol. The number of aliphatic hydroxyl groups excluding tert-OH is 1. The maximum atomic E-state index is 11.8. The van der Waals surface area contributed by atoms with Gasteiger partial charge in [0, 0.05) is 4.47 Å². The molecule has 18 heavy (non-hydrogen) atoms. The molecule has 0 aliphatic carbocycles. The summed E-state index contributed by atoms with van der Waals surface area (Å²) in [5.74, 6) is 0.403. The van der Waals surface area contributed by atoms with Gasteiger partial charge in [-0.2, -0.15) is 0 Å². The first kappa shape index (κ1) is 15.0. The van der Waals surface area contributed by atoms with E-state index in [1.807, 2.05) is 19.1 Å². The van der Waals surface area contributed by atoms with Gasteiger partial charge in [-0.3, -0.25) is 4.79 Å². The summed E-state index contributed by atoms with van der Waals surface area (Å²) in [6.07, 6.45) is 0.0890. The molecule has 0 aliphatic rings. The van der Waals surface area contributed by atoms with Crippen LogP contribution in [0.25, 0.3) is 0 Å². The van der Waals surface area contributed by atoms with E-state index in [4.69, 9.17) is 9.84 Å². The number of hydrogen-bond donors (Lipinski definition) is 2. The molecule has 2 N–H and O–H groups in total. The van der Waals surface area contributed by atoms with Crippen LogP contribution in [-0.4, -0.2) is 29.8 Å². The molecule has 1 aromatic carbocycles. The molecule has 0 radical (unpaired) electrons. The fraction of sp³-hybridized carbons (Fsp3) is 0.462. The number of aliphatic hydroxyl groups is 1. The van der Waals surface area contributed by atoms with Crippen LogP contribution in [0.2, 0.25) is 0 Å². The maximum absolute atomic E-state index is 11.8. The highest BCUT2D eigenvalue weighted by Gasteiger charge is 2.17. The summed E-state index contributed by atoms with van der Waals surface area (Å²) < 4.78 is 6.42. The number of rotatable bonds is 6. The van der Waals surface area contributed by atoms with Gasteiger partial charge in [0.1, 0.15) is 5.75 Å². The Kier molecular flexibility index (Phi) is 6.15. The number of nitrogens with one attached hydrogen (secondary N) is 1. The molecule has 2 atom stereocenters. The van der Waals surface area contributed by atoms with Crippen molar-refractivity contribution in [1.82, 2.24) is 5.32 Å². The zero-order chi connectivity index (χ0) is 13.5. The number of ether oxygens (including phenoxy) is 1. The Labute approximate surface area is 115 Å². The van der Waals surface area contributed by atoms with Crippen molar-refractivity contribution < 1.29 is 14.6 Å². The van der Waals surface area contributed by atoms with Crippen molar-refractivity contribution in [1.29, 1.82) is 0 Å². The molecule has 4 nitrogen and oxygen atoms in total. The highest BCUT2D eigenvalue weighted by Crippen LogP contribution is 2.18. The lowest BCUT2D eigenvalue weighted by Gasteiger charge is -2.19. The van der Waals surface area contributed by atoms with Gasteiger partial charge in [0.2, 0.25) is 0 Å². The molecule has 0 aliphatic heterocycles. The molecule has 0 saturated carbocycles. The monoisotopic (exact) mass is 315 g/mol. The number of carbonyl (C=O) groups excluding carboxylic acids is 1. The molecule has 1 aromatic rings. The fourth-order valence-corrected chi connectivity index (χ4v) is 1.77. The average molecular weight is 316 g/mol. The lowest BCUT2D eigenvalue weighted by Crippen LogP contribution is -2.43. The average Bonchev–Trinajstić information content (AvgIpc) is 2.35. The quantitative estimate of drug-likeness (QED) is 0.845. The normalized spacial score (nSPS) is 13.8. The van der Waals surface area contributed by atoms with Gasteiger partial charge in [0.05, 0.1) is 12.6 Å². The number of benzene rings is 1. The second-order valence-corrected chi connectivity index (χ2v) is 4.93. The first-order valence-corrected chi connectivity index (χ1v) is 6.69. The highest BCUT2D eigenvalue weighted by molar-refractivity contribution is 9.10. The summed E-state index contributed by atoms with van der Waals surface area (Å²) in [5.41, 5.74) is 0. The molecule has 0 fully saturated rings. The first-order chi connectivity index (χ1) is 8.56. The Hall–Kier alpha value is -1.07. The SMILES string of the molecule is CCC(CO)NC(=O)C(C)Oc1cccc(Br)c1. The van der Waals surface area contributed by atoms with Crippen LogP contribution in [0, 0.1) is 0 Å². The van der Waals surface area contributed by atoms with Crippen LogP contribution in [0.1, 0.15) is 20.3 Å². The first-order valence-electron chi connectivity index (χ1n) is 5.90. The third-order valence-electron chi connectivity index (χ3n) is 2.54. The topological polar surface area (TPSA) is 58.6 Å². The molecule has 0 spiro atoms. The summed E-state index contributed by atoms with van der Waals surface area (Å²) in [4.78, 5) is 11.8. The molecule has 0 aromatic heterocycles. The van der Waals surface area contributed by atoms with E-state index in [0.717, 1.165) is 4.47 Å². The molecule has 5 heteroatoms. The summed E-state index contributed by atoms with van der Waals surface area (Å²) in [7, 11) is 0. The van der Waals surface area contributed by atoms with Gasteiger partial charge in [-0.1, -0.05) is 28.9 Å². The molecule has 0 bridgehead atoms. The number of halogens is 1. The van der Waals surface area contributed by atoms with Gasteiger partial charge in [-0.15, -0.1) is 0 Å². The minimum atomic E-state index is -0.597. The second kappa shape index (κ2) is 7.38. The van der Waals surface area contributed by atoms with Crippen LogP contribution in [0.15, 0.2) is 28.7 Å². The minimum Gasteiger partial charge on any atom is -0.481 e. The summed E-state index contributed by atoms with van der Waals surface area (Å²) in [6.45, 7) is 3.52. The Bertz CT molecular complexity index is 394. The Morgan fingerprint density at radius 1 is 1.56 bits per heavy atom. The number of carbonyl (C=O) groups is 1. The summed E-state index contributed by atoms with van der Waals surface area (Å²) in [6, 6.07) is 7.10. The van der Waals surface area contributed by atoms with Gasteiger partial charge in [-0.05, 0) is 31.5 Å². The summed E-state index contributed by atoms with van der Waals surface area (Å²) in [5, 5.41) is 11.7. The van der Waals surface area contributed by atoms with Crippen molar-refractivity contribution in [3.05, 3.63) is 28.7 Å². The Morgan fingerprint density at radius 2 is 2.28 bits per heavy atom. The van der Waals surface area contributed by atoms with E-state index in [0.29, 0.717) is 12.2 Å². The Morgan fingerprint density at radius 3 is 2.83 bits per heavy atom. The van der Waals surface area contributed by atoms with Crippen molar-refractivity contribution in [2.24, 2.45) is 0 Å². The summed E-state index contributed by atoms with van der Waals surface area (Å²) >= 11 is 3.34. The van der Waals surface area contributed by atoms with E-state index in [-0.39, 0.29) is 18.6 Å². The van der Waals surface area contributed by atoms with E-state index in [1.54, 1.807) is 19.1 Å². The van der Waals surface area contributed by atoms with E-state index in [9.17, 15) is 4.79 Å². The molecular weight excluding hydrogens is 298 g/mol. The lowest BCUT2D eigenvalue weighted by molar-refractivity contribution is -0.128. The van der Waals surface area contributed by atoms with E-state index < -0.39 is 6.10 Å². The standard InChI is InChI=1S/C13H18BrNO3/c1-3-11(8-16)15-13(17)9(2)18-12-6-4-5-10(14)7-12/h4-7,9,11,16H,3,8H2,1-2H3,(H,15,17). The molecule has 1 rings (SSSR count). The molecule has 0 heterocycles. The maximum Gasteiger partial charge on any atom is 0.261 e. The van der Waals surface area contributed by atoms with Crippen molar-refractivity contribution in [2.75, 3.05) is 6.61 Å². The molecule has 100 valence electrons. The lowest BCUT2D eigenvalue weighted by atomic mass is 10.2. The van der Waals surface area contributed by atoms with E-state index in [1.165, 1.54) is 0 Å². The van der Waals surface area contributed by atoms with Gasteiger partial charge in [-0.25, -0.2) is 0 Å². The fourth-order valence-electron chi connectivity index (χ4n) is 1.39. The van der Waals surface area contributed by atoms with Crippen LogP contribution in [0.3, 0.4) is 0 Å². The molecule has 1 amide bonds. The van der Waals surface area contributed by atoms with E-state index in [2.05, 4.69) is 21.2 Å². The van der Waals surface area contributed by atoms with Crippen molar-refractivity contribution in [3.63, 3.8) is 0 Å². The van der Waals surface area contributed by atoms with Gasteiger partial charge >= 0.3 is 0 Å². The van der Waals surface area contributed by atoms with Crippen LogP contribution in [0.5, 0.6) is 5.75 Å². The van der Waals surface area contributed by atoms with Crippen molar-refractivity contribution in [3.8, 4) is 5.75 Å². The Balaban J connectivity index is 2.54. The van der Waals surface area contributed by atoms with Crippen LogP contribution < -0.4 is 10.1 Å². The number of hydrogen-bond acceptors (Lipinski definition) is 3. The zero-order valence-electron chi connectivity index (χ0n) is 10.5. The molecular formula is C13H18BrNO3. The van der Waals surface area contributed by atoms with Gasteiger partial charge in [0.15, 0.2) is 6.10 Å². The predicted octanol–water partition coefficient (Wildman–Crippen LogP) is 2.10. The van der Waals surface area contributed by atoms with Gasteiger partial charge in [0.25, 0.3) is 5.91 Å². The second-order valence-electron chi connectivity index (χ2n) is 4.01. The third-order valence-corrected chi connectivity index (χ3v) is 3.03. The minimum absolute atomic E-state index is 0.0636. The van der Waals surface area contributed by atoms with Crippen LogP contribution in [0.4, 0.5) is 0 Å². The molecule has 0 saturated heterocycles. The smallest absolute Gasteiger partial charge is 0.261 e. The third kappa shape index (κ3) is 4.66. The van der Waals surface area contributed by atoms with Crippen molar-refractivity contribution >= 4 is 21.8 Å². The largest absolute Gasteiger partial charge is 0.481 e. The van der Waals surface area contributed by atoms with Crippen LogP contribution in [-0.2, 0) is 4.79 Å². The van der Waals surface area contributed by atoms with E-state index >= 15 is 0 Å². The van der Waals surface area contributed by atoms with Crippen molar-refractivity contribution in [2.45, 2.75) is 32.4 Å². The zero-order valence-corrected chi connectivity index (χ0v) is 12.1. The van der Waals surface area contributed by atoms with Gasteiger partial charge < -0.3 is 15.2 Å².